The first kappa shape index (κ1) is 18.1. The molecule has 3 aromatic rings. The van der Waals surface area contributed by atoms with Crippen molar-refractivity contribution in [2.24, 2.45) is 5.10 Å². The zero-order valence-corrected chi connectivity index (χ0v) is 14.9. The van der Waals surface area contributed by atoms with Gasteiger partial charge < -0.3 is 4.57 Å². The first-order valence-corrected chi connectivity index (χ1v) is 8.29. The Bertz CT molecular complexity index is 1020. The molecule has 7 heteroatoms. The Hall–Kier alpha value is -3.74. The number of nitro benzene ring substituents is 1. The van der Waals surface area contributed by atoms with Crippen molar-refractivity contribution in [1.29, 1.82) is 0 Å². The first-order chi connectivity index (χ1) is 13.0. The molecular formula is C20H18N4O3. The van der Waals surface area contributed by atoms with Gasteiger partial charge in [0, 0.05) is 34.6 Å². The van der Waals surface area contributed by atoms with Crippen molar-refractivity contribution in [1.82, 2.24) is 9.99 Å². The van der Waals surface area contributed by atoms with Gasteiger partial charge in [-0.25, -0.2) is 5.43 Å². The van der Waals surface area contributed by atoms with Crippen LogP contribution in [0.15, 0.2) is 65.8 Å². The Morgan fingerprint density at radius 2 is 1.85 bits per heavy atom. The molecule has 0 aliphatic rings. The van der Waals surface area contributed by atoms with E-state index in [2.05, 4.69) is 10.5 Å². The highest BCUT2D eigenvalue weighted by Gasteiger charge is 2.13. The van der Waals surface area contributed by atoms with E-state index in [-0.39, 0.29) is 11.6 Å². The first-order valence-electron chi connectivity index (χ1n) is 8.29. The van der Waals surface area contributed by atoms with Gasteiger partial charge in [0.05, 0.1) is 16.8 Å². The second kappa shape index (κ2) is 7.65. The number of aromatic nitrogens is 1. The molecule has 1 N–H and O–H groups in total. The fraction of sp³-hybridized carbons (Fsp3) is 0.100. The average Bonchev–Trinajstić information content (AvgIpc) is 2.96. The van der Waals surface area contributed by atoms with Gasteiger partial charge in [0.25, 0.3) is 11.6 Å². The van der Waals surface area contributed by atoms with Gasteiger partial charge in [-0.15, -0.1) is 0 Å². The third-order valence-corrected chi connectivity index (χ3v) is 4.17. The Morgan fingerprint density at radius 3 is 2.56 bits per heavy atom. The highest BCUT2D eigenvalue weighted by molar-refractivity contribution is 5.94. The number of rotatable bonds is 5. The third kappa shape index (κ3) is 3.92. The minimum Gasteiger partial charge on any atom is -0.318 e. The second-order valence-corrected chi connectivity index (χ2v) is 6.00. The van der Waals surface area contributed by atoms with E-state index >= 15 is 0 Å². The number of benzene rings is 2. The van der Waals surface area contributed by atoms with Crippen molar-refractivity contribution in [2.75, 3.05) is 0 Å². The van der Waals surface area contributed by atoms with Gasteiger partial charge in [-0.2, -0.15) is 5.10 Å². The number of nitro groups is 1. The molecule has 0 fully saturated rings. The molecule has 7 nitrogen and oxygen atoms in total. The number of nitrogens with one attached hydrogen (secondary N) is 1. The Labute approximate surface area is 156 Å². The molecule has 0 saturated heterocycles. The fourth-order valence-corrected chi connectivity index (χ4v) is 2.88. The van der Waals surface area contributed by atoms with Crippen LogP contribution in [0.5, 0.6) is 0 Å². The molecule has 0 spiro atoms. The standard InChI is InChI=1S/C20H18N4O3/c1-14-11-17(13-21-22-20(25)16-7-4-3-5-8-16)15(2)23(14)18-9-6-10-19(12-18)24(26)27/h3-13H,1-2H3,(H,22,25)/b21-13-. The van der Waals surface area contributed by atoms with Crippen LogP contribution in [0.2, 0.25) is 0 Å². The molecule has 3 rings (SSSR count). The van der Waals surface area contributed by atoms with Crippen LogP contribution in [0.4, 0.5) is 5.69 Å². The monoisotopic (exact) mass is 362 g/mol. The topological polar surface area (TPSA) is 89.5 Å². The summed E-state index contributed by atoms with van der Waals surface area (Å²) in [6.07, 6.45) is 1.57. The highest BCUT2D eigenvalue weighted by Crippen LogP contribution is 2.23. The Balaban J connectivity index is 1.83. The number of nitrogens with zero attached hydrogens (tertiary/aromatic N) is 3. The van der Waals surface area contributed by atoms with E-state index in [1.165, 1.54) is 12.1 Å². The van der Waals surface area contributed by atoms with Gasteiger partial charge in [0.2, 0.25) is 0 Å². The molecule has 2 aromatic carbocycles. The van der Waals surface area contributed by atoms with Crippen LogP contribution >= 0.6 is 0 Å². The van der Waals surface area contributed by atoms with Gasteiger partial charge in [0.15, 0.2) is 0 Å². The predicted molar refractivity (Wildman–Crippen MR) is 103 cm³/mol. The molecule has 0 saturated carbocycles. The predicted octanol–water partition coefficient (Wildman–Crippen LogP) is 3.77. The van der Waals surface area contributed by atoms with E-state index in [1.54, 1.807) is 36.5 Å². The van der Waals surface area contributed by atoms with Crippen LogP contribution in [-0.4, -0.2) is 21.6 Å². The van der Waals surface area contributed by atoms with E-state index in [0.717, 1.165) is 17.0 Å². The summed E-state index contributed by atoms with van der Waals surface area (Å²) in [7, 11) is 0. The van der Waals surface area contributed by atoms with Gasteiger partial charge in [-0.1, -0.05) is 24.3 Å². The van der Waals surface area contributed by atoms with Crippen molar-refractivity contribution in [3.63, 3.8) is 0 Å². The molecule has 136 valence electrons. The number of carbonyl (C=O) groups excluding carboxylic acids is 1. The number of amides is 1. The highest BCUT2D eigenvalue weighted by atomic mass is 16.6. The lowest BCUT2D eigenvalue weighted by molar-refractivity contribution is -0.384. The quantitative estimate of drug-likeness (QED) is 0.426. The van der Waals surface area contributed by atoms with Crippen LogP contribution in [0.3, 0.4) is 0 Å². The van der Waals surface area contributed by atoms with Crippen LogP contribution in [0.25, 0.3) is 5.69 Å². The van der Waals surface area contributed by atoms with Crippen LogP contribution in [0.1, 0.15) is 27.3 Å². The summed E-state index contributed by atoms with van der Waals surface area (Å²) in [6.45, 7) is 3.80. The van der Waals surface area contributed by atoms with Crippen molar-refractivity contribution in [3.8, 4) is 5.69 Å². The largest absolute Gasteiger partial charge is 0.318 e. The maximum Gasteiger partial charge on any atom is 0.271 e. The molecule has 1 aromatic heterocycles. The summed E-state index contributed by atoms with van der Waals surface area (Å²) in [4.78, 5) is 22.6. The SMILES string of the molecule is Cc1cc(/C=N\NC(=O)c2ccccc2)c(C)n1-c1cccc([N+](=O)[O-])c1. The van der Waals surface area contributed by atoms with Gasteiger partial charge in [-0.05, 0) is 38.1 Å². The molecular weight excluding hydrogens is 344 g/mol. The maximum atomic E-state index is 12.0. The van der Waals surface area contributed by atoms with Crippen molar-refractivity contribution in [2.45, 2.75) is 13.8 Å². The maximum absolute atomic E-state index is 12.0. The zero-order chi connectivity index (χ0) is 19.4. The molecule has 0 aliphatic carbocycles. The fourth-order valence-electron chi connectivity index (χ4n) is 2.88. The number of aryl methyl sites for hydroxylation is 1. The van der Waals surface area contributed by atoms with E-state index in [9.17, 15) is 14.9 Å². The van der Waals surface area contributed by atoms with Crippen LogP contribution < -0.4 is 5.43 Å². The summed E-state index contributed by atoms with van der Waals surface area (Å²) in [6, 6.07) is 17.2. The van der Waals surface area contributed by atoms with Crippen LogP contribution in [-0.2, 0) is 0 Å². The third-order valence-electron chi connectivity index (χ3n) is 4.17. The number of hydrazone groups is 1. The smallest absolute Gasteiger partial charge is 0.271 e. The van der Waals surface area contributed by atoms with Gasteiger partial charge in [0.1, 0.15) is 0 Å². The van der Waals surface area contributed by atoms with Crippen LogP contribution in [0, 0.1) is 24.0 Å². The minimum absolute atomic E-state index is 0.0327. The minimum atomic E-state index is -0.418. The molecule has 0 unspecified atom stereocenters. The van der Waals surface area contributed by atoms with E-state index in [1.807, 2.05) is 36.6 Å². The molecule has 0 aliphatic heterocycles. The number of carbonyl (C=O) groups is 1. The summed E-state index contributed by atoms with van der Waals surface area (Å²) in [5.74, 6) is -0.292. The Morgan fingerprint density at radius 1 is 1.11 bits per heavy atom. The van der Waals surface area contributed by atoms with E-state index < -0.39 is 4.92 Å². The summed E-state index contributed by atoms with van der Waals surface area (Å²) < 4.78 is 1.91. The summed E-state index contributed by atoms with van der Waals surface area (Å²) in [5, 5.41) is 15.0. The lowest BCUT2D eigenvalue weighted by Crippen LogP contribution is -2.17. The lowest BCUT2D eigenvalue weighted by Gasteiger charge is -2.09. The summed E-state index contributed by atoms with van der Waals surface area (Å²) >= 11 is 0. The zero-order valence-electron chi connectivity index (χ0n) is 14.9. The number of hydrogen-bond donors (Lipinski definition) is 1. The van der Waals surface area contributed by atoms with Crippen molar-refractivity contribution in [3.05, 3.63) is 93.3 Å². The molecule has 1 heterocycles. The van der Waals surface area contributed by atoms with E-state index in [4.69, 9.17) is 0 Å². The number of non-ortho nitro benzene ring substituents is 1. The van der Waals surface area contributed by atoms with Crippen molar-refractivity contribution < 1.29 is 9.72 Å². The number of hydrogen-bond acceptors (Lipinski definition) is 4. The molecule has 0 radical (unpaired) electrons. The average molecular weight is 362 g/mol. The van der Waals surface area contributed by atoms with Crippen molar-refractivity contribution >= 4 is 17.8 Å². The molecule has 1 amide bonds. The summed E-state index contributed by atoms with van der Waals surface area (Å²) in [5.41, 5.74) is 6.34. The van der Waals surface area contributed by atoms with E-state index in [0.29, 0.717) is 11.3 Å². The Kier molecular flexibility index (Phi) is 5.12. The molecule has 0 atom stereocenters. The molecule has 27 heavy (non-hydrogen) atoms. The lowest BCUT2D eigenvalue weighted by atomic mass is 10.2. The second-order valence-electron chi connectivity index (χ2n) is 6.00. The molecule has 0 bridgehead atoms. The van der Waals surface area contributed by atoms with Gasteiger partial charge >= 0.3 is 0 Å². The normalized spacial score (nSPS) is 10.9. The van der Waals surface area contributed by atoms with Gasteiger partial charge in [-0.3, -0.25) is 14.9 Å².